The number of nitrogens with zero attached hydrogens (tertiary/aromatic N) is 3. The van der Waals surface area contributed by atoms with Gasteiger partial charge in [0.15, 0.2) is 5.78 Å². The van der Waals surface area contributed by atoms with E-state index in [0.717, 1.165) is 26.6 Å². The van der Waals surface area contributed by atoms with E-state index < -0.39 is 0 Å². The van der Waals surface area contributed by atoms with Crippen molar-refractivity contribution in [2.24, 2.45) is 0 Å². The van der Waals surface area contributed by atoms with Gasteiger partial charge in [-0.25, -0.2) is 9.97 Å². The van der Waals surface area contributed by atoms with Crippen molar-refractivity contribution in [1.29, 1.82) is 0 Å². The second-order valence-electron chi connectivity index (χ2n) is 6.80. The molecule has 0 spiro atoms. The van der Waals surface area contributed by atoms with E-state index in [1.54, 1.807) is 12.0 Å². The molecule has 0 bridgehead atoms. The molecule has 1 amide bonds. The third-order valence-corrected chi connectivity index (χ3v) is 6.79. The molecule has 0 unspecified atom stereocenters. The minimum absolute atomic E-state index is 0.0143. The number of morpholine rings is 1. The standard InChI is InChI=1S/C21H21N3O4S2/c1-13-22-17-5-3-14(27-2)9-16(17)21(23-13)29-12-18(25)19-6-4-15(30-19)10-24-7-8-28-11-20(24)26/h3-6,9H,7-8,10-12H2,1-2H3. The molecular formula is C21H21N3O4S2. The van der Waals surface area contributed by atoms with Crippen LogP contribution in [0, 0.1) is 6.92 Å². The number of methoxy groups -OCH3 is 1. The number of Topliss-reactive ketones (excluding diaryl/α,β-unsaturated/α-hetero) is 1. The first-order valence-electron chi connectivity index (χ1n) is 9.46. The van der Waals surface area contributed by atoms with E-state index >= 15 is 0 Å². The number of carbonyl (C=O) groups is 2. The Morgan fingerprint density at radius 1 is 1.30 bits per heavy atom. The predicted molar refractivity (Wildman–Crippen MR) is 116 cm³/mol. The summed E-state index contributed by atoms with van der Waals surface area (Å²) in [6.07, 6.45) is 0. The number of ketones is 1. The number of fused-ring (bicyclic) bond motifs is 1. The Bertz CT molecular complexity index is 1100. The molecule has 9 heteroatoms. The first-order chi connectivity index (χ1) is 14.5. The zero-order valence-corrected chi connectivity index (χ0v) is 18.3. The third kappa shape index (κ3) is 4.63. The van der Waals surface area contributed by atoms with Gasteiger partial charge in [0, 0.05) is 16.8 Å². The van der Waals surface area contributed by atoms with Gasteiger partial charge < -0.3 is 14.4 Å². The Hall–Kier alpha value is -2.49. The molecule has 1 aliphatic heterocycles. The molecule has 3 heterocycles. The molecule has 0 saturated carbocycles. The van der Waals surface area contributed by atoms with E-state index in [-0.39, 0.29) is 24.1 Å². The molecule has 1 fully saturated rings. The van der Waals surface area contributed by atoms with E-state index in [2.05, 4.69) is 9.97 Å². The van der Waals surface area contributed by atoms with Crippen LogP contribution >= 0.6 is 23.1 Å². The van der Waals surface area contributed by atoms with Crippen LogP contribution in [0.2, 0.25) is 0 Å². The number of hydrogen-bond acceptors (Lipinski definition) is 8. The Morgan fingerprint density at radius 3 is 2.97 bits per heavy atom. The predicted octanol–water partition coefficient (Wildman–Crippen LogP) is 3.34. The Labute approximate surface area is 182 Å². The zero-order chi connectivity index (χ0) is 21.1. The summed E-state index contributed by atoms with van der Waals surface area (Å²) in [4.78, 5) is 37.1. The van der Waals surface area contributed by atoms with Crippen molar-refractivity contribution in [3.63, 3.8) is 0 Å². The van der Waals surface area contributed by atoms with E-state index in [1.807, 2.05) is 37.3 Å². The zero-order valence-electron chi connectivity index (χ0n) is 16.7. The number of benzene rings is 1. The molecule has 156 valence electrons. The van der Waals surface area contributed by atoms with Gasteiger partial charge in [-0.05, 0) is 37.3 Å². The molecule has 0 N–H and O–H groups in total. The Kier molecular flexibility index (Phi) is 6.31. The molecule has 1 aromatic carbocycles. The van der Waals surface area contributed by atoms with Gasteiger partial charge in [0.05, 0.1) is 36.4 Å². The Balaban J connectivity index is 1.45. The first-order valence-corrected chi connectivity index (χ1v) is 11.3. The average molecular weight is 444 g/mol. The summed E-state index contributed by atoms with van der Waals surface area (Å²) < 4.78 is 10.5. The second kappa shape index (κ2) is 9.11. The van der Waals surface area contributed by atoms with Crippen LogP contribution in [0.15, 0.2) is 35.4 Å². The Morgan fingerprint density at radius 2 is 2.17 bits per heavy atom. The number of aromatic nitrogens is 2. The van der Waals surface area contributed by atoms with Crippen LogP contribution in [0.4, 0.5) is 0 Å². The highest BCUT2D eigenvalue weighted by Crippen LogP contribution is 2.30. The van der Waals surface area contributed by atoms with Crippen molar-refractivity contribution in [3.8, 4) is 5.75 Å². The fourth-order valence-corrected chi connectivity index (χ4v) is 5.14. The summed E-state index contributed by atoms with van der Waals surface area (Å²) in [5, 5.41) is 1.64. The lowest BCUT2D eigenvalue weighted by Gasteiger charge is -2.26. The summed E-state index contributed by atoms with van der Waals surface area (Å²) in [7, 11) is 1.62. The second-order valence-corrected chi connectivity index (χ2v) is 8.94. The fourth-order valence-electron chi connectivity index (χ4n) is 3.15. The lowest BCUT2D eigenvalue weighted by Crippen LogP contribution is -2.40. The highest BCUT2D eigenvalue weighted by Gasteiger charge is 2.20. The molecular weight excluding hydrogens is 422 g/mol. The van der Waals surface area contributed by atoms with E-state index in [0.29, 0.717) is 30.4 Å². The van der Waals surface area contributed by atoms with E-state index in [1.165, 1.54) is 23.1 Å². The van der Waals surface area contributed by atoms with Crippen molar-refractivity contribution in [2.75, 3.05) is 32.6 Å². The van der Waals surface area contributed by atoms with Crippen LogP contribution in [0.3, 0.4) is 0 Å². The number of aryl methyl sites for hydroxylation is 1. The van der Waals surface area contributed by atoms with Crippen LogP contribution in [0.1, 0.15) is 20.4 Å². The number of rotatable bonds is 7. The molecule has 30 heavy (non-hydrogen) atoms. The van der Waals surface area contributed by atoms with Gasteiger partial charge in [-0.2, -0.15) is 0 Å². The van der Waals surface area contributed by atoms with Crippen LogP contribution in [0.25, 0.3) is 10.9 Å². The van der Waals surface area contributed by atoms with Gasteiger partial charge in [-0.15, -0.1) is 11.3 Å². The molecule has 7 nitrogen and oxygen atoms in total. The smallest absolute Gasteiger partial charge is 0.248 e. The van der Waals surface area contributed by atoms with Crippen molar-refractivity contribution in [3.05, 3.63) is 45.9 Å². The molecule has 2 aromatic heterocycles. The van der Waals surface area contributed by atoms with Gasteiger partial charge in [-0.1, -0.05) is 11.8 Å². The minimum atomic E-state index is -0.0143. The van der Waals surface area contributed by atoms with Crippen LogP contribution in [-0.4, -0.2) is 59.2 Å². The molecule has 3 aromatic rings. The lowest BCUT2D eigenvalue weighted by atomic mass is 10.2. The van der Waals surface area contributed by atoms with Gasteiger partial charge >= 0.3 is 0 Å². The summed E-state index contributed by atoms with van der Waals surface area (Å²) in [5.74, 6) is 1.69. The molecule has 1 aliphatic rings. The number of thiophene rings is 1. The molecule has 4 rings (SSSR count). The lowest BCUT2D eigenvalue weighted by molar-refractivity contribution is -0.143. The normalized spacial score (nSPS) is 14.3. The quantitative estimate of drug-likeness (QED) is 0.315. The van der Waals surface area contributed by atoms with Crippen molar-refractivity contribution in [1.82, 2.24) is 14.9 Å². The molecule has 0 aliphatic carbocycles. The van der Waals surface area contributed by atoms with Crippen LogP contribution < -0.4 is 4.74 Å². The number of ether oxygens (including phenoxy) is 2. The monoisotopic (exact) mass is 443 g/mol. The topological polar surface area (TPSA) is 81.6 Å². The van der Waals surface area contributed by atoms with Crippen LogP contribution in [-0.2, 0) is 16.1 Å². The third-order valence-electron chi connectivity index (χ3n) is 4.69. The van der Waals surface area contributed by atoms with Crippen molar-refractivity contribution < 1.29 is 19.1 Å². The van der Waals surface area contributed by atoms with Gasteiger partial charge in [0.1, 0.15) is 23.2 Å². The number of amides is 1. The maximum atomic E-state index is 12.8. The number of hydrogen-bond donors (Lipinski definition) is 0. The highest BCUT2D eigenvalue weighted by atomic mass is 32.2. The summed E-state index contributed by atoms with van der Waals surface area (Å²) in [6, 6.07) is 9.40. The van der Waals surface area contributed by atoms with Crippen molar-refractivity contribution in [2.45, 2.75) is 18.5 Å². The van der Waals surface area contributed by atoms with Gasteiger partial charge in [0.2, 0.25) is 5.91 Å². The summed E-state index contributed by atoms with van der Waals surface area (Å²) in [5.41, 5.74) is 0.826. The van der Waals surface area contributed by atoms with Gasteiger partial charge in [0.25, 0.3) is 0 Å². The van der Waals surface area contributed by atoms with Gasteiger partial charge in [-0.3, -0.25) is 9.59 Å². The van der Waals surface area contributed by atoms with E-state index in [4.69, 9.17) is 9.47 Å². The molecule has 1 saturated heterocycles. The summed E-state index contributed by atoms with van der Waals surface area (Å²) in [6.45, 7) is 3.62. The maximum absolute atomic E-state index is 12.8. The SMILES string of the molecule is COc1ccc2nc(C)nc(SCC(=O)c3ccc(CN4CCOCC4=O)s3)c2c1. The first kappa shape index (κ1) is 20.8. The average Bonchev–Trinajstić information content (AvgIpc) is 3.21. The fraction of sp³-hybridized carbons (Fsp3) is 0.333. The van der Waals surface area contributed by atoms with Crippen molar-refractivity contribution >= 4 is 45.7 Å². The maximum Gasteiger partial charge on any atom is 0.248 e. The highest BCUT2D eigenvalue weighted by molar-refractivity contribution is 8.00. The number of carbonyl (C=O) groups excluding carboxylic acids is 2. The largest absolute Gasteiger partial charge is 0.497 e. The number of thioether (sulfide) groups is 1. The summed E-state index contributed by atoms with van der Waals surface area (Å²) >= 11 is 2.84. The van der Waals surface area contributed by atoms with E-state index in [9.17, 15) is 9.59 Å². The minimum Gasteiger partial charge on any atom is -0.497 e. The molecule has 0 atom stereocenters. The molecule has 0 radical (unpaired) electrons. The van der Waals surface area contributed by atoms with Crippen LogP contribution in [0.5, 0.6) is 5.75 Å².